The Balaban J connectivity index is 1.98. The zero-order chi connectivity index (χ0) is 13.0. The molecule has 0 aliphatic carbocycles. The summed E-state index contributed by atoms with van der Waals surface area (Å²) in [5.41, 5.74) is 8.02. The van der Waals surface area contributed by atoms with Crippen LogP contribution in [0.25, 0.3) is 0 Å². The number of benzene rings is 1. The van der Waals surface area contributed by atoms with Gasteiger partial charge in [0.15, 0.2) is 5.11 Å². The molecule has 0 radical (unpaired) electrons. The molecule has 2 rings (SSSR count). The molecule has 0 aliphatic rings. The van der Waals surface area contributed by atoms with Gasteiger partial charge in [0, 0.05) is 22.0 Å². The fourth-order valence-corrected chi connectivity index (χ4v) is 1.94. The topological polar surface area (TPSA) is 63.0 Å². The van der Waals surface area contributed by atoms with E-state index in [9.17, 15) is 0 Å². The van der Waals surface area contributed by atoms with Gasteiger partial charge in [-0.1, -0.05) is 0 Å². The molecule has 6 heteroatoms. The minimum atomic E-state index is 0.500. The number of hydrogen-bond acceptors (Lipinski definition) is 3. The smallest absolute Gasteiger partial charge is 0.175 e. The summed E-state index contributed by atoms with van der Waals surface area (Å²) in [6, 6.07) is 9.24. The van der Waals surface area contributed by atoms with Crippen LogP contribution in [0.4, 0.5) is 17.1 Å². The number of nitrogen functional groups attached to an aromatic ring is 1. The highest BCUT2D eigenvalue weighted by atomic mass is 79.9. The number of halogens is 1. The fraction of sp³-hybridized carbons (Fsp3) is 0. The van der Waals surface area contributed by atoms with Gasteiger partial charge in [-0.15, -0.1) is 0 Å². The lowest BCUT2D eigenvalue weighted by Crippen LogP contribution is -2.19. The molecular formula is C12H11BrN4S. The minimum Gasteiger partial charge on any atom is -0.399 e. The van der Waals surface area contributed by atoms with Gasteiger partial charge in [0.1, 0.15) is 0 Å². The number of rotatable bonds is 2. The molecule has 2 aromatic rings. The van der Waals surface area contributed by atoms with Gasteiger partial charge in [0.2, 0.25) is 0 Å². The Bertz CT molecular complexity index is 556. The molecule has 0 saturated heterocycles. The number of thiocarbonyl (C=S) groups is 1. The van der Waals surface area contributed by atoms with Crippen LogP contribution < -0.4 is 16.4 Å². The summed E-state index contributed by atoms with van der Waals surface area (Å²) in [5, 5.41) is 6.60. The van der Waals surface area contributed by atoms with Crippen molar-refractivity contribution in [3.05, 3.63) is 47.2 Å². The van der Waals surface area contributed by atoms with Crippen molar-refractivity contribution in [1.82, 2.24) is 4.98 Å². The van der Waals surface area contributed by atoms with Crippen LogP contribution in [0, 0.1) is 0 Å². The van der Waals surface area contributed by atoms with Gasteiger partial charge in [-0.05, 0) is 58.5 Å². The number of nitrogens with zero attached hydrogens (tertiary/aromatic N) is 1. The van der Waals surface area contributed by atoms with Crippen LogP contribution in [0.15, 0.2) is 47.2 Å². The zero-order valence-electron chi connectivity index (χ0n) is 9.35. The van der Waals surface area contributed by atoms with Crippen LogP contribution in [0.5, 0.6) is 0 Å². The second kappa shape index (κ2) is 5.79. The maximum absolute atomic E-state index is 5.61. The van der Waals surface area contributed by atoms with Gasteiger partial charge in [0.25, 0.3) is 0 Å². The Morgan fingerprint density at radius 3 is 2.44 bits per heavy atom. The average molecular weight is 323 g/mol. The molecule has 0 fully saturated rings. The van der Waals surface area contributed by atoms with Gasteiger partial charge >= 0.3 is 0 Å². The second-order valence-electron chi connectivity index (χ2n) is 3.59. The van der Waals surface area contributed by atoms with E-state index in [4.69, 9.17) is 18.0 Å². The molecule has 1 aromatic carbocycles. The first-order valence-electron chi connectivity index (χ1n) is 5.17. The lowest BCUT2D eigenvalue weighted by atomic mass is 10.3. The van der Waals surface area contributed by atoms with E-state index in [1.807, 2.05) is 30.3 Å². The molecule has 0 unspecified atom stereocenters. The van der Waals surface area contributed by atoms with Crippen molar-refractivity contribution in [2.75, 3.05) is 16.4 Å². The number of anilines is 3. The standard InChI is InChI=1S/C12H11BrN4S/c13-8-5-11(7-15-6-8)17-12(18)16-10-3-1-9(14)2-4-10/h1-7H,14H2,(H2,16,17,18). The van der Waals surface area contributed by atoms with Gasteiger partial charge in [-0.25, -0.2) is 0 Å². The van der Waals surface area contributed by atoms with Crippen LogP contribution >= 0.6 is 28.1 Å². The Kier molecular flexibility index (Phi) is 4.11. The van der Waals surface area contributed by atoms with E-state index in [1.54, 1.807) is 12.4 Å². The van der Waals surface area contributed by atoms with Crippen molar-refractivity contribution in [2.24, 2.45) is 0 Å². The third-order valence-corrected chi connectivity index (χ3v) is 2.77. The zero-order valence-corrected chi connectivity index (χ0v) is 11.8. The van der Waals surface area contributed by atoms with Crippen LogP contribution in [0.2, 0.25) is 0 Å². The number of hydrogen-bond donors (Lipinski definition) is 3. The van der Waals surface area contributed by atoms with E-state index in [-0.39, 0.29) is 0 Å². The predicted octanol–water partition coefficient (Wildman–Crippen LogP) is 3.24. The van der Waals surface area contributed by atoms with Gasteiger partial charge < -0.3 is 16.4 Å². The molecule has 4 N–H and O–H groups in total. The molecule has 18 heavy (non-hydrogen) atoms. The second-order valence-corrected chi connectivity index (χ2v) is 4.92. The summed E-state index contributed by atoms with van der Waals surface area (Å²) in [4.78, 5) is 4.04. The molecule has 0 aliphatic heterocycles. The van der Waals surface area contributed by atoms with Crippen molar-refractivity contribution in [2.45, 2.75) is 0 Å². The highest BCUT2D eigenvalue weighted by molar-refractivity contribution is 9.10. The van der Waals surface area contributed by atoms with E-state index in [2.05, 4.69) is 31.5 Å². The van der Waals surface area contributed by atoms with Crippen LogP contribution in [0.3, 0.4) is 0 Å². The van der Waals surface area contributed by atoms with Crippen molar-refractivity contribution in [3.63, 3.8) is 0 Å². The molecule has 0 bridgehead atoms. The van der Waals surface area contributed by atoms with Crippen molar-refractivity contribution < 1.29 is 0 Å². The largest absolute Gasteiger partial charge is 0.399 e. The minimum absolute atomic E-state index is 0.500. The molecule has 0 atom stereocenters. The first-order chi connectivity index (χ1) is 8.63. The molecule has 92 valence electrons. The normalized spacial score (nSPS) is 9.83. The SMILES string of the molecule is Nc1ccc(NC(=S)Nc2cncc(Br)c2)cc1. The van der Waals surface area contributed by atoms with Crippen molar-refractivity contribution in [1.29, 1.82) is 0 Å². The Morgan fingerprint density at radius 1 is 1.11 bits per heavy atom. The van der Waals surface area contributed by atoms with E-state index in [0.29, 0.717) is 5.11 Å². The highest BCUT2D eigenvalue weighted by Gasteiger charge is 1.99. The van der Waals surface area contributed by atoms with Crippen LogP contribution in [-0.2, 0) is 0 Å². The number of aromatic nitrogens is 1. The number of pyridine rings is 1. The summed E-state index contributed by atoms with van der Waals surface area (Å²) >= 11 is 8.54. The monoisotopic (exact) mass is 322 g/mol. The first-order valence-corrected chi connectivity index (χ1v) is 6.38. The predicted molar refractivity (Wildman–Crippen MR) is 82.6 cm³/mol. The Morgan fingerprint density at radius 2 is 1.78 bits per heavy atom. The Hall–Kier alpha value is -1.66. The third kappa shape index (κ3) is 3.68. The molecule has 0 amide bonds. The highest BCUT2D eigenvalue weighted by Crippen LogP contribution is 2.15. The first kappa shape index (κ1) is 12.8. The third-order valence-electron chi connectivity index (χ3n) is 2.13. The Labute approximate surface area is 119 Å². The molecule has 4 nitrogen and oxygen atoms in total. The fourth-order valence-electron chi connectivity index (χ4n) is 1.34. The van der Waals surface area contributed by atoms with Crippen molar-refractivity contribution in [3.8, 4) is 0 Å². The van der Waals surface area contributed by atoms with E-state index in [1.165, 1.54) is 0 Å². The quantitative estimate of drug-likeness (QED) is 0.585. The average Bonchev–Trinajstić information content (AvgIpc) is 2.32. The van der Waals surface area contributed by atoms with E-state index < -0.39 is 0 Å². The summed E-state index contributed by atoms with van der Waals surface area (Å²) < 4.78 is 0.891. The van der Waals surface area contributed by atoms with E-state index in [0.717, 1.165) is 21.5 Å². The molecule has 0 spiro atoms. The molecule has 0 saturated carbocycles. The lowest BCUT2D eigenvalue weighted by molar-refractivity contribution is 1.31. The van der Waals surface area contributed by atoms with Crippen LogP contribution in [0.1, 0.15) is 0 Å². The maximum atomic E-state index is 5.61. The summed E-state index contributed by atoms with van der Waals surface area (Å²) in [7, 11) is 0. The molecule has 1 aromatic heterocycles. The van der Waals surface area contributed by atoms with Gasteiger partial charge in [-0.2, -0.15) is 0 Å². The summed E-state index contributed by atoms with van der Waals surface area (Å²) in [6.45, 7) is 0. The van der Waals surface area contributed by atoms with Crippen molar-refractivity contribution >= 4 is 50.3 Å². The molecule has 1 heterocycles. The molecular weight excluding hydrogens is 312 g/mol. The number of nitrogens with two attached hydrogens (primary N) is 1. The summed E-state index contributed by atoms with van der Waals surface area (Å²) in [6.07, 6.45) is 3.41. The maximum Gasteiger partial charge on any atom is 0.175 e. The van der Waals surface area contributed by atoms with Gasteiger partial charge in [0.05, 0.1) is 11.9 Å². The lowest BCUT2D eigenvalue weighted by Gasteiger charge is -2.10. The van der Waals surface area contributed by atoms with Crippen LogP contribution in [-0.4, -0.2) is 10.1 Å². The van der Waals surface area contributed by atoms with Gasteiger partial charge in [-0.3, -0.25) is 4.98 Å². The van der Waals surface area contributed by atoms with E-state index >= 15 is 0 Å². The number of nitrogens with one attached hydrogen (secondary N) is 2. The summed E-state index contributed by atoms with van der Waals surface area (Å²) in [5.74, 6) is 0.